The number of benzene rings is 1. The summed E-state index contributed by atoms with van der Waals surface area (Å²) >= 11 is 0. The van der Waals surface area contributed by atoms with Gasteiger partial charge in [-0.05, 0) is 156 Å². The average molecular weight is 501 g/mol. The molecule has 0 spiro atoms. The first-order valence-electron chi connectivity index (χ1n) is 14.7. The Hall–Kier alpha value is -1.02. The minimum absolute atomic E-state index is 1.08. The van der Waals surface area contributed by atoms with E-state index in [1.165, 1.54) is 128 Å². The molecule has 6 nitrogen and oxygen atoms in total. The zero-order valence-electron chi connectivity index (χ0n) is 24.1. The van der Waals surface area contributed by atoms with Gasteiger partial charge in [0, 0.05) is 13.1 Å². The SMILES string of the molecule is CN1CCCN(C)CCCN(Cc2cccc(CN3CCCN(C)CCCN(C)CCC3)c2)CCC1. The van der Waals surface area contributed by atoms with Crippen LogP contribution in [-0.2, 0) is 13.1 Å². The van der Waals surface area contributed by atoms with Crippen molar-refractivity contribution in [3.05, 3.63) is 35.4 Å². The van der Waals surface area contributed by atoms with Crippen LogP contribution in [0.25, 0.3) is 0 Å². The second-order valence-electron chi connectivity index (χ2n) is 11.7. The fourth-order valence-corrected chi connectivity index (χ4v) is 5.81. The molecule has 0 unspecified atom stereocenters. The zero-order valence-corrected chi connectivity index (χ0v) is 24.1. The Kier molecular flexibility index (Phi) is 13.7. The maximum atomic E-state index is 2.70. The summed E-state index contributed by atoms with van der Waals surface area (Å²) in [6.45, 7) is 16.7. The number of hydrogen-bond acceptors (Lipinski definition) is 6. The molecule has 0 bridgehead atoms. The lowest BCUT2D eigenvalue weighted by Gasteiger charge is -2.28. The molecule has 2 fully saturated rings. The van der Waals surface area contributed by atoms with Crippen molar-refractivity contribution < 1.29 is 0 Å². The van der Waals surface area contributed by atoms with E-state index < -0.39 is 0 Å². The highest BCUT2D eigenvalue weighted by molar-refractivity contribution is 5.23. The third-order valence-corrected chi connectivity index (χ3v) is 8.02. The van der Waals surface area contributed by atoms with Crippen LogP contribution >= 0.6 is 0 Å². The highest BCUT2D eigenvalue weighted by atomic mass is 15.2. The Morgan fingerprint density at radius 2 is 0.722 bits per heavy atom. The lowest BCUT2D eigenvalue weighted by atomic mass is 10.1. The first-order valence-corrected chi connectivity index (χ1v) is 14.7. The molecule has 0 N–H and O–H groups in total. The van der Waals surface area contributed by atoms with Gasteiger partial charge in [-0.3, -0.25) is 9.80 Å². The van der Waals surface area contributed by atoms with Gasteiger partial charge in [0.15, 0.2) is 0 Å². The topological polar surface area (TPSA) is 19.4 Å². The smallest absolute Gasteiger partial charge is 0.0233 e. The van der Waals surface area contributed by atoms with Crippen LogP contribution in [0, 0.1) is 0 Å². The summed E-state index contributed by atoms with van der Waals surface area (Å²) < 4.78 is 0. The van der Waals surface area contributed by atoms with Crippen LogP contribution in [0.5, 0.6) is 0 Å². The first-order chi connectivity index (χ1) is 17.5. The first kappa shape index (κ1) is 29.5. The second-order valence-corrected chi connectivity index (χ2v) is 11.7. The minimum Gasteiger partial charge on any atom is -0.306 e. The van der Waals surface area contributed by atoms with E-state index >= 15 is 0 Å². The highest BCUT2D eigenvalue weighted by Crippen LogP contribution is 2.14. The Morgan fingerprint density at radius 3 is 1.03 bits per heavy atom. The molecule has 3 rings (SSSR count). The summed E-state index contributed by atoms with van der Waals surface area (Å²) in [6, 6.07) is 9.47. The second kappa shape index (κ2) is 16.7. The van der Waals surface area contributed by atoms with Crippen molar-refractivity contribution in [3.8, 4) is 0 Å². The fourth-order valence-electron chi connectivity index (χ4n) is 5.81. The summed E-state index contributed by atoms with van der Waals surface area (Å²) in [4.78, 5) is 15.5. The van der Waals surface area contributed by atoms with Gasteiger partial charge >= 0.3 is 0 Å². The molecule has 0 amide bonds. The van der Waals surface area contributed by atoms with Crippen LogP contribution in [0.1, 0.15) is 49.7 Å². The number of nitrogens with zero attached hydrogens (tertiary/aromatic N) is 6. The van der Waals surface area contributed by atoms with Crippen molar-refractivity contribution >= 4 is 0 Å². The monoisotopic (exact) mass is 500 g/mol. The maximum absolute atomic E-state index is 2.70. The average Bonchev–Trinajstić information content (AvgIpc) is 2.82. The molecule has 0 aromatic heterocycles. The van der Waals surface area contributed by atoms with Crippen LogP contribution in [-0.4, -0.2) is 136 Å². The Labute approximate surface area is 223 Å². The van der Waals surface area contributed by atoms with Gasteiger partial charge in [0.2, 0.25) is 0 Å². The summed E-state index contributed by atoms with van der Waals surface area (Å²) in [5, 5.41) is 0. The van der Waals surface area contributed by atoms with E-state index in [4.69, 9.17) is 0 Å². The van der Waals surface area contributed by atoms with Gasteiger partial charge in [-0.1, -0.05) is 24.3 Å². The summed E-state index contributed by atoms with van der Waals surface area (Å²) in [7, 11) is 9.14. The van der Waals surface area contributed by atoms with Crippen molar-refractivity contribution in [2.45, 2.75) is 51.6 Å². The molecule has 1 aromatic rings. The molecule has 0 atom stereocenters. The Balaban J connectivity index is 1.56. The van der Waals surface area contributed by atoms with Crippen molar-refractivity contribution in [1.82, 2.24) is 29.4 Å². The quantitative estimate of drug-likeness (QED) is 0.627. The number of rotatable bonds is 4. The van der Waals surface area contributed by atoms with Gasteiger partial charge < -0.3 is 19.6 Å². The molecule has 2 aliphatic heterocycles. The van der Waals surface area contributed by atoms with Crippen molar-refractivity contribution in [1.29, 1.82) is 0 Å². The lowest BCUT2D eigenvalue weighted by Crippen LogP contribution is -2.34. The molecule has 6 heteroatoms. The summed E-state index contributed by atoms with van der Waals surface area (Å²) in [5.41, 5.74) is 2.96. The molecule has 0 saturated carbocycles. The molecule has 1 aromatic carbocycles. The lowest BCUT2D eigenvalue weighted by molar-refractivity contribution is 0.202. The third-order valence-electron chi connectivity index (χ3n) is 8.02. The molecule has 36 heavy (non-hydrogen) atoms. The highest BCUT2D eigenvalue weighted by Gasteiger charge is 2.13. The fraction of sp³-hybridized carbons (Fsp3) is 0.800. The number of hydrogen-bond donors (Lipinski definition) is 0. The molecule has 2 saturated heterocycles. The standard InChI is InChI=1S/C30H56N6/c1-31-14-6-15-32(2)19-9-23-35(22-8-18-31)27-29-12-5-13-30(26-29)28-36-24-10-20-33(3)16-7-17-34(4)21-11-25-36/h5,12-13,26H,6-11,14-25,27-28H2,1-4H3. The molecular formula is C30H56N6. The van der Waals surface area contributed by atoms with Crippen molar-refractivity contribution in [2.24, 2.45) is 0 Å². The van der Waals surface area contributed by atoms with E-state index in [0.29, 0.717) is 0 Å². The van der Waals surface area contributed by atoms with Crippen molar-refractivity contribution in [3.63, 3.8) is 0 Å². The molecule has 206 valence electrons. The predicted octanol–water partition coefficient (Wildman–Crippen LogP) is 3.39. The van der Waals surface area contributed by atoms with E-state index in [1.54, 1.807) is 0 Å². The third kappa shape index (κ3) is 12.0. The van der Waals surface area contributed by atoms with Crippen LogP contribution in [0.2, 0.25) is 0 Å². The molecule has 2 heterocycles. The van der Waals surface area contributed by atoms with E-state index in [-0.39, 0.29) is 0 Å². The summed E-state index contributed by atoms with van der Waals surface area (Å²) in [6.07, 6.45) is 7.64. The van der Waals surface area contributed by atoms with E-state index in [0.717, 1.165) is 13.1 Å². The molecule has 2 aliphatic rings. The molecule has 0 radical (unpaired) electrons. The summed E-state index contributed by atoms with van der Waals surface area (Å²) in [5.74, 6) is 0. The minimum atomic E-state index is 1.08. The van der Waals surface area contributed by atoms with Gasteiger partial charge in [0.1, 0.15) is 0 Å². The van der Waals surface area contributed by atoms with Gasteiger partial charge in [-0.2, -0.15) is 0 Å². The van der Waals surface area contributed by atoms with Crippen LogP contribution in [0.15, 0.2) is 24.3 Å². The zero-order chi connectivity index (χ0) is 25.6. The Morgan fingerprint density at radius 1 is 0.444 bits per heavy atom. The largest absolute Gasteiger partial charge is 0.306 e. The van der Waals surface area contributed by atoms with Gasteiger partial charge in [-0.15, -0.1) is 0 Å². The van der Waals surface area contributed by atoms with Crippen molar-refractivity contribution in [2.75, 3.05) is 107 Å². The van der Waals surface area contributed by atoms with Crippen LogP contribution in [0.3, 0.4) is 0 Å². The van der Waals surface area contributed by atoms with Gasteiger partial charge in [-0.25, -0.2) is 0 Å². The van der Waals surface area contributed by atoms with E-state index in [2.05, 4.69) is 81.9 Å². The van der Waals surface area contributed by atoms with Crippen LogP contribution in [0.4, 0.5) is 0 Å². The van der Waals surface area contributed by atoms with E-state index in [1.807, 2.05) is 0 Å². The molecular weight excluding hydrogens is 444 g/mol. The van der Waals surface area contributed by atoms with Gasteiger partial charge in [0.05, 0.1) is 0 Å². The van der Waals surface area contributed by atoms with E-state index in [9.17, 15) is 0 Å². The Bertz CT molecular complexity index is 625. The predicted molar refractivity (Wildman–Crippen MR) is 155 cm³/mol. The van der Waals surface area contributed by atoms with Crippen LogP contribution < -0.4 is 0 Å². The maximum Gasteiger partial charge on any atom is 0.0233 e. The molecule has 0 aliphatic carbocycles. The normalized spacial score (nSPS) is 23.9. The van der Waals surface area contributed by atoms with Gasteiger partial charge in [0.25, 0.3) is 0 Å².